The molecule has 0 aliphatic carbocycles. The number of hydrogen-bond acceptors (Lipinski definition) is 4. The van der Waals surface area contributed by atoms with Crippen molar-refractivity contribution in [1.82, 2.24) is 30.0 Å². The fraction of sp³-hybridized carbons (Fsp3) is 0.160. The fourth-order valence-corrected chi connectivity index (χ4v) is 4.36. The normalized spacial score (nSPS) is 12.2. The number of carbonyl (C=O) groups is 1. The molecule has 4 aromatic heterocycles. The Morgan fingerprint density at radius 1 is 1.21 bits per heavy atom. The number of aromatic amines is 2. The number of pyridine rings is 1. The van der Waals surface area contributed by atoms with Crippen molar-refractivity contribution < 1.29 is 9.90 Å². The maximum Gasteiger partial charge on any atom is 0.268 e. The molecule has 5 aromatic rings. The summed E-state index contributed by atoms with van der Waals surface area (Å²) in [6.07, 6.45) is 7.37. The number of hydrogen-bond donors (Lipinski definition) is 4. The standard InChI is InChI=1S/C25H23ClN6O2/c1-14-23(20-7-16(9-28-24(20)30-14)18-11-29-32(2)12-18)17-8-21(27-10-17)25(34)31-22(13-33)15-4-3-5-19(26)6-15/h3-12,22,27,33H,13H2,1-2H3,(H,28,30)(H,31,34). The van der Waals surface area contributed by atoms with Crippen molar-refractivity contribution in [2.45, 2.75) is 13.0 Å². The predicted molar refractivity (Wildman–Crippen MR) is 132 cm³/mol. The predicted octanol–water partition coefficient (Wildman–Crippen LogP) is 4.38. The van der Waals surface area contributed by atoms with E-state index < -0.39 is 6.04 Å². The van der Waals surface area contributed by atoms with Gasteiger partial charge in [0.15, 0.2) is 0 Å². The number of aliphatic hydroxyl groups is 1. The number of amides is 1. The van der Waals surface area contributed by atoms with Crippen LogP contribution in [0.5, 0.6) is 0 Å². The number of fused-ring (bicyclic) bond motifs is 1. The summed E-state index contributed by atoms with van der Waals surface area (Å²) in [5, 5.41) is 18.4. The smallest absolute Gasteiger partial charge is 0.268 e. The van der Waals surface area contributed by atoms with Gasteiger partial charge in [-0.25, -0.2) is 4.98 Å². The minimum absolute atomic E-state index is 0.246. The van der Waals surface area contributed by atoms with Gasteiger partial charge in [-0.15, -0.1) is 0 Å². The van der Waals surface area contributed by atoms with Crippen molar-refractivity contribution in [3.05, 3.63) is 83.2 Å². The average Bonchev–Trinajstić information content (AvgIpc) is 3.54. The van der Waals surface area contributed by atoms with Crippen LogP contribution >= 0.6 is 11.6 Å². The summed E-state index contributed by atoms with van der Waals surface area (Å²) in [5.41, 5.74) is 6.61. The molecule has 172 valence electrons. The number of aliphatic hydroxyl groups excluding tert-OH is 1. The highest BCUT2D eigenvalue weighted by Gasteiger charge is 2.19. The fourth-order valence-electron chi connectivity index (χ4n) is 4.16. The molecule has 4 heterocycles. The summed E-state index contributed by atoms with van der Waals surface area (Å²) in [5.74, 6) is -0.322. The first-order valence-corrected chi connectivity index (χ1v) is 11.1. The third-order valence-corrected chi connectivity index (χ3v) is 6.07. The molecule has 0 aliphatic rings. The Morgan fingerprint density at radius 3 is 2.79 bits per heavy atom. The summed E-state index contributed by atoms with van der Waals surface area (Å²) < 4.78 is 1.75. The van der Waals surface area contributed by atoms with Gasteiger partial charge in [0.2, 0.25) is 0 Å². The third-order valence-electron chi connectivity index (χ3n) is 5.83. The van der Waals surface area contributed by atoms with E-state index in [-0.39, 0.29) is 12.5 Å². The summed E-state index contributed by atoms with van der Waals surface area (Å²) in [6.45, 7) is 1.73. The van der Waals surface area contributed by atoms with Crippen LogP contribution in [0, 0.1) is 6.92 Å². The van der Waals surface area contributed by atoms with Crippen molar-refractivity contribution in [3.63, 3.8) is 0 Å². The number of benzene rings is 1. The number of aryl methyl sites for hydroxylation is 2. The summed E-state index contributed by atoms with van der Waals surface area (Å²) in [7, 11) is 1.88. The number of rotatable bonds is 6. The Bertz CT molecular complexity index is 1500. The largest absolute Gasteiger partial charge is 0.394 e. The molecule has 0 saturated heterocycles. The van der Waals surface area contributed by atoms with E-state index in [0.717, 1.165) is 44.5 Å². The minimum atomic E-state index is -0.570. The molecule has 0 spiro atoms. The first kappa shape index (κ1) is 21.9. The molecule has 8 nitrogen and oxygen atoms in total. The third kappa shape index (κ3) is 4.09. The molecular formula is C25H23ClN6O2. The van der Waals surface area contributed by atoms with Crippen molar-refractivity contribution in [1.29, 1.82) is 0 Å². The molecule has 9 heteroatoms. The second-order valence-corrected chi connectivity index (χ2v) is 8.65. The molecule has 1 unspecified atom stereocenters. The lowest BCUT2D eigenvalue weighted by Gasteiger charge is -2.16. The molecule has 1 atom stereocenters. The van der Waals surface area contributed by atoms with Crippen LogP contribution in [0.2, 0.25) is 5.02 Å². The van der Waals surface area contributed by atoms with Gasteiger partial charge in [0.05, 0.1) is 18.8 Å². The van der Waals surface area contributed by atoms with Crippen molar-refractivity contribution in [2.24, 2.45) is 7.05 Å². The molecule has 0 aliphatic heterocycles. The Balaban J connectivity index is 1.45. The van der Waals surface area contributed by atoms with Gasteiger partial charge in [-0.2, -0.15) is 5.10 Å². The molecule has 5 rings (SSSR count). The van der Waals surface area contributed by atoms with E-state index in [1.165, 1.54) is 0 Å². The summed E-state index contributed by atoms with van der Waals surface area (Å²) >= 11 is 6.06. The van der Waals surface area contributed by atoms with Crippen molar-refractivity contribution >= 4 is 28.5 Å². The van der Waals surface area contributed by atoms with E-state index in [2.05, 4.69) is 31.4 Å². The zero-order chi connectivity index (χ0) is 23.8. The lowest BCUT2D eigenvalue weighted by Crippen LogP contribution is -2.31. The van der Waals surface area contributed by atoms with Crippen LogP contribution in [0.4, 0.5) is 0 Å². The van der Waals surface area contributed by atoms with Gasteiger partial charge in [0, 0.05) is 64.0 Å². The van der Waals surface area contributed by atoms with E-state index in [1.807, 2.05) is 32.4 Å². The van der Waals surface area contributed by atoms with Gasteiger partial charge in [0.1, 0.15) is 11.3 Å². The van der Waals surface area contributed by atoms with E-state index in [1.54, 1.807) is 41.3 Å². The molecule has 0 saturated carbocycles. The highest BCUT2D eigenvalue weighted by atomic mass is 35.5. The zero-order valence-electron chi connectivity index (χ0n) is 18.6. The number of halogens is 1. The highest BCUT2D eigenvalue weighted by molar-refractivity contribution is 6.30. The minimum Gasteiger partial charge on any atom is -0.394 e. The molecular weight excluding hydrogens is 452 g/mol. The molecule has 0 radical (unpaired) electrons. The van der Waals surface area contributed by atoms with Crippen LogP contribution < -0.4 is 5.32 Å². The Labute approximate surface area is 200 Å². The van der Waals surface area contributed by atoms with Gasteiger partial charge in [-0.05, 0) is 36.8 Å². The van der Waals surface area contributed by atoms with E-state index >= 15 is 0 Å². The second kappa shape index (κ2) is 8.81. The quantitative estimate of drug-likeness (QED) is 0.292. The number of nitrogens with zero attached hydrogens (tertiary/aromatic N) is 3. The van der Waals surface area contributed by atoms with E-state index in [0.29, 0.717) is 10.7 Å². The van der Waals surface area contributed by atoms with E-state index in [4.69, 9.17) is 11.6 Å². The number of H-pyrrole nitrogens is 2. The van der Waals surface area contributed by atoms with Crippen LogP contribution in [-0.4, -0.2) is 42.4 Å². The van der Waals surface area contributed by atoms with E-state index in [9.17, 15) is 9.90 Å². The zero-order valence-corrected chi connectivity index (χ0v) is 19.4. The summed E-state index contributed by atoms with van der Waals surface area (Å²) in [6, 6.07) is 10.4. The van der Waals surface area contributed by atoms with Gasteiger partial charge in [-0.3, -0.25) is 9.48 Å². The Kier molecular flexibility index (Phi) is 5.69. The first-order valence-electron chi connectivity index (χ1n) is 10.8. The second-order valence-electron chi connectivity index (χ2n) is 8.21. The first-order chi connectivity index (χ1) is 16.4. The highest BCUT2D eigenvalue weighted by Crippen LogP contribution is 2.34. The maximum absolute atomic E-state index is 12.9. The molecule has 4 N–H and O–H groups in total. The number of nitrogens with one attached hydrogen (secondary N) is 3. The number of carbonyl (C=O) groups excluding carboxylic acids is 1. The van der Waals surface area contributed by atoms with Crippen LogP contribution in [0.15, 0.2) is 61.2 Å². The van der Waals surface area contributed by atoms with Crippen LogP contribution in [-0.2, 0) is 7.05 Å². The Hall–Kier alpha value is -3.88. The van der Waals surface area contributed by atoms with Gasteiger partial charge in [0.25, 0.3) is 5.91 Å². The lowest BCUT2D eigenvalue weighted by molar-refractivity contribution is 0.0911. The monoisotopic (exact) mass is 474 g/mol. The topological polar surface area (TPSA) is 112 Å². The van der Waals surface area contributed by atoms with Crippen LogP contribution in [0.1, 0.15) is 27.8 Å². The van der Waals surface area contributed by atoms with Crippen LogP contribution in [0.3, 0.4) is 0 Å². The molecule has 1 amide bonds. The van der Waals surface area contributed by atoms with Crippen LogP contribution in [0.25, 0.3) is 33.3 Å². The van der Waals surface area contributed by atoms with Gasteiger partial charge in [-0.1, -0.05) is 23.7 Å². The average molecular weight is 475 g/mol. The lowest BCUT2D eigenvalue weighted by atomic mass is 10.0. The SMILES string of the molecule is Cc1[nH]c2ncc(-c3cnn(C)c3)cc2c1-c1c[nH]c(C(=O)NC(CO)c2cccc(Cl)c2)c1. The number of aromatic nitrogens is 5. The van der Waals surface area contributed by atoms with Gasteiger partial charge < -0.3 is 20.4 Å². The van der Waals surface area contributed by atoms with Gasteiger partial charge >= 0.3 is 0 Å². The molecule has 1 aromatic carbocycles. The maximum atomic E-state index is 12.9. The summed E-state index contributed by atoms with van der Waals surface area (Å²) in [4.78, 5) is 23.9. The van der Waals surface area contributed by atoms with Crippen molar-refractivity contribution in [2.75, 3.05) is 6.61 Å². The van der Waals surface area contributed by atoms with Crippen molar-refractivity contribution in [3.8, 4) is 22.3 Å². The molecule has 34 heavy (non-hydrogen) atoms. The Morgan fingerprint density at radius 2 is 2.06 bits per heavy atom. The molecule has 0 fully saturated rings. The molecule has 0 bridgehead atoms.